The molecule has 3 aromatic rings. The summed E-state index contributed by atoms with van der Waals surface area (Å²) in [6.07, 6.45) is -3.78. The van der Waals surface area contributed by atoms with E-state index in [-0.39, 0.29) is 17.2 Å². The second kappa shape index (κ2) is 5.28. The summed E-state index contributed by atoms with van der Waals surface area (Å²) in [7, 11) is 0. The third kappa shape index (κ3) is 2.81. The lowest BCUT2D eigenvalue weighted by molar-refractivity contribution is -0.137. The summed E-state index contributed by atoms with van der Waals surface area (Å²) >= 11 is 0. The second-order valence-electron chi connectivity index (χ2n) is 4.62. The van der Waals surface area contributed by atoms with Gasteiger partial charge in [-0.25, -0.2) is 9.97 Å². The van der Waals surface area contributed by atoms with Gasteiger partial charge < -0.3 is 9.15 Å². The summed E-state index contributed by atoms with van der Waals surface area (Å²) in [6.45, 7) is 1.61. The quantitative estimate of drug-likeness (QED) is 0.707. The largest absolute Gasteiger partial charge is 0.437 e. The smallest absolute Gasteiger partial charge is 0.417 e. The van der Waals surface area contributed by atoms with Crippen LogP contribution in [0, 0.1) is 18.3 Å². The number of aryl methyl sites for hydroxylation is 1. The fourth-order valence-electron chi connectivity index (χ4n) is 1.98. The summed E-state index contributed by atoms with van der Waals surface area (Å²) < 4.78 is 48.4. The Labute approximate surface area is 128 Å². The molecule has 2 heterocycles. The predicted octanol–water partition coefficient (Wildman–Crippen LogP) is 4.21. The number of fused-ring (bicyclic) bond motifs is 1. The topological polar surface area (TPSA) is 71.9 Å². The first-order chi connectivity index (χ1) is 10.9. The molecule has 3 rings (SSSR count). The van der Waals surface area contributed by atoms with Gasteiger partial charge in [-0.2, -0.15) is 18.4 Å². The van der Waals surface area contributed by atoms with Crippen LogP contribution in [0.5, 0.6) is 11.6 Å². The molecule has 0 bridgehead atoms. The Hall–Kier alpha value is -3.08. The first-order valence-corrected chi connectivity index (χ1v) is 6.40. The number of pyridine rings is 1. The van der Waals surface area contributed by atoms with E-state index in [2.05, 4.69) is 9.97 Å². The lowest BCUT2D eigenvalue weighted by Gasteiger charge is -2.08. The molecule has 0 aliphatic heterocycles. The molecule has 8 heteroatoms. The molecule has 0 unspecified atom stereocenters. The van der Waals surface area contributed by atoms with E-state index in [0.717, 1.165) is 12.1 Å². The zero-order valence-corrected chi connectivity index (χ0v) is 11.7. The average Bonchev–Trinajstić information content (AvgIpc) is 2.89. The van der Waals surface area contributed by atoms with Crippen LogP contribution in [0.2, 0.25) is 0 Å². The Kier molecular flexibility index (Phi) is 3.41. The van der Waals surface area contributed by atoms with Crippen LogP contribution < -0.4 is 4.74 Å². The highest BCUT2D eigenvalue weighted by Gasteiger charge is 2.30. The third-order valence-corrected chi connectivity index (χ3v) is 3.01. The molecule has 0 spiro atoms. The van der Waals surface area contributed by atoms with E-state index in [0.29, 0.717) is 23.2 Å². The summed E-state index contributed by atoms with van der Waals surface area (Å²) in [5.41, 5.74) is 0.00701. The summed E-state index contributed by atoms with van der Waals surface area (Å²) in [4.78, 5) is 7.72. The van der Waals surface area contributed by atoms with Crippen molar-refractivity contribution in [3.63, 3.8) is 0 Å². The molecule has 0 amide bonds. The van der Waals surface area contributed by atoms with Crippen molar-refractivity contribution in [3.05, 3.63) is 47.5 Å². The van der Waals surface area contributed by atoms with Crippen molar-refractivity contribution in [2.45, 2.75) is 13.1 Å². The normalized spacial score (nSPS) is 11.4. The molecule has 0 N–H and O–H groups in total. The molecule has 0 aliphatic rings. The first kappa shape index (κ1) is 14.8. The maximum Gasteiger partial charge on any atom is 0.417 e. The van der Waals surface area contributed by atoms with Gasteiger partial charge >= 0.3 is 6.18 Å². The summed E-state index contributed by atoms with van der Waals surface area (Å²) in [5, 5.41) is 9.04. The highest BCUT2D eigenvalue weighted by Crippen LogP contribution is 2.33. The van der Waals surface area contributed by atoms with Crippen molar-refractivity contribution < 1.29 is 22.3 Å². The van der Waals surface area contributed by atoms with Crippen molar-refractivity contribution in [1.29, 1.82) is 5.26 Å². The molecule has 5 nitrogen and oxygen atoms in total. The number of aromatic nitrogens is 2. The standard InChI is InChI=1S/C15H8F3N3O2/c1-8-21-13-9(6-19)2-4-11(14(13)22-8)23-12-5-3-10(7-20-12)15(16,17)18/h2-5,7H,1H3. The van der Waals surface area contributed by atoms with Crippen molar-refractivity contribution in [3.8, 4) is 17.7 Å². The van der Waals surface area contributed by atoms with Gasteiger partial charge in [0.05, 0.1) is 11.1 Å². The van der Waals surface area contributed by atoms with Crippen LogP contribution >= 0.6 is 0 Å². The van der Waals surface area contributed by atoms with E-state index in [1.807, 2.05) is 6.07 Å². The number of hydrogen-bond donors (Lipinski definition) is 0. The minimum absolute atomic E-state index is 0.0296. The number of ether oxygens (including phenoxy) is 1. The fraction of sp³-hybridized carbons (Fsp3) is 0.133. The van der Waals surface area contributed by atoms with Gasteiger partial charge in [0.1, 0.15) is 11.6 Å². The molecule has 0 saturated heterocycles. The van der Waals surface area contributed by atoms with Crippen LogP contribution in [0.15, 0.2) is 34.9 Å². The van der Waals surface area contributed by atoms with Gasteiger partial charge in [-0.1, -0.05) is 0 Å². The van der Waals surface area contributed by atoms with Gasteiger partial charge in [0.15, 0.2) is 17.2 Å². The zero-order chi connectivity index (χ0) is 16.6. The molecule has 0 radical (unpaired) electrons. The van der Waals surface area contributed by atoms with E-state index < -0.39 is 11.7 Å². The molecule has 23 heavy (non-hydrogen) atoms. The van der Waals surface area contributed by atoms with Crippen LogP contribution in [0.3, 0.4) is 0 Å². The Balaban J connectivity index is 1.98. The van der Waals surface area contributed by atoms with Gasteiger partial charge in [-0.05, 0) is 18.2 Å². The van der Waals surface area contributed by atoms with Crippen LogP contribution in [-0.4, -0.2) is 9.97 Å². The number of nitriles is 1. The highest BCUT2D eigenvalue weighted by molar-refractivity contribution is 5.85. The second-order valence-corrected chi connectivity index (χ2v) is 4.62. The van der Waals surface area contributed by atoms with E-state index in [9.17, 15) is 13.2 Å². The number of nitrogens with zero attached hydrogens (tertiary/aromatic N) is 3. The van der Waals surface area contributed by atoms with E-state index >= 15 is 0 Å². The first-order valence-electron chi connectivity index (χ1n) is 6.40. The SMILES string of the molecule is Cc1nc2c(C#N)ccc(Oc3ccc(C(F)(F)F)cn3)c2o1. The Morgan fingerprint density at radius 1 is 1.22 bits per heavy atom. The maximum absolute atomic E-state index is 12.5. The number of benzene rings is 1. The van der Waals surface area contributed by atoms with Crippen LogP contribution in [0.25, 0.3) is 11.1 Å². The zero-order valence-electron chi connectivity index (χ0n) is 11.7. The van der Waals surface area contributed by atoms with Crippen LogP contribution in [0.1, 0.15) is 17.0 Å². The molecule has 0 aliphatic carbocycles. The molecule has 116 valence electrons. The van der Waals surface area contributed by atoms with E-state index in [1.54, 1.807) is 6.92 Å². The number of alkyl halides is 3. The van der Waals surface area contributed by atoms with E-state index in [1.165, 1.54) is 12.1 Å². The Morgan fingerprint density at radius 2 is 2.00 bits per heavy atom. The van der Waals surface area contributed by atoms with Gasteiger partial charge in [0.25, 0.3) is 0 Å². The highest BCUT2D eigenvalue weighted by atomic mass is 19.4. The van der Waals surface area contributed by atoms with Gasteiger partial charge in [-0.15, -0.1) is 0 Å². The molecule has 0 saturated carbocycles. The number of halogens is 3. The molecule has 1 aromatic carbocycles. The molecular weight excluding hydrogens is 311 g/mol. The molecule has 0 atom stereocenters. The number of hydrogen-bond acceptors (Lipinski definition) is 5. The molecule has 2 aromatic heterocycles. The maximum atomic E-state index is 12.5. The third-order valence-electron chi connectivity index (χ3n) is 3.01. The van der Waals surface area contributed by atoms with Crippen molar-refractivity contribution in [2.24, 2.45) is 0 Å². The van der Waals surface area contributed by atoms with Crippen molar-refractivity contribution in [2.75, 3.05) is 0 Å². The lowest BCUT2D eigenvalue weighted by Crippen LogP contribution is -2.05. The van der Waals surface area contributed by atoms with Crippen molar-refractivity contribution in [1.82, 2.24) is 9.97 Å². The molecule has 0 fully saturated rings. The van der Waals surface area contributed by atoms with Gasteiger partial charge in [0, 0.05) is 19.2 Å². The van der Waals surface area contributed by atoms with Gasteiger partial charge in [0.2, 0.25) is 5.88 Å². The van der Waals surface area contributed by atoms with Crippen LogP contribution in [0.4, 0.5) is 13.2 Å². The predicted molar refractivity (Wildman–Crippen MR) is 72.8 cm³/mol. The minimum Gasteiger partial charge on any atom is -0.437 e. The minimum atomic E-state index is -4.46. The fourth-order valence-corrected chi connectivity index (χ4v) is 1.98. The Morgan fingerprint density at radius 3 is 2.61 bits per heavy atom. The Bertz CT molecular complexity index is 909. The van der Waals surface area contributed by atoms with E-state index in [4.69, 9.17) is 14.4 Å². The molecular formula is C15H8F3N3O2. The summed E-state index contributed by atoms with van der Waals surface area (Å²) in [5.74, 6) is 0.526. The average molecular weight is 319 g/mol. The number of oxazole rings is 1. The van der Waals surface area contributed by atoms with Gasteiger partial charge in [-0.3, -0.25) is 0 Å². The monoisotopic (exact) mass is 319 g/mol. The van der Waals surface area contributed by atoms with Crippen LogP contribution in [-0.2, 0) is 6.18 Å². The summed E-state index contributed by atoms with van der Waals surface area (Å²) in [6, 6.07) is 6.92. The lowest BCUT2D eigenvalue weighted by atomic mass is 10.2. The number of rotatable bonds is 2. The van der Waals surface area contributed by atoms with Crippen molar-refractivity contribution >= 4 is 11.1 Å².